The van der Waals surface area contributed by atoms with Crippen molar-refractivity contribution in [2.45, 2.75) is 24.4 Å². The summed E-state index contributed by atoms with van der Waals surface area (Å²) in [7, 11) is 0. The van der Waals surface area contributed by atoms with E-state index < -0.39 is 0 Å². The second kappa shape index (κ2) is 8.93. The normalized spacial score (nSPS) is 14.1. The molecule has 2 aromatic carbocycles. The number of H-pyrrole nitrogens is 1. The van der Waals surface area contributed by atoms with Gasteiger partial charge in [-0.15, -0.1) is 5.10 Å². The van der Waals surface area contributed by atoms with Crippen molar-refractivity contribution in [3.05, 3.63) is 54.6 Å². The monoisotopic (exact) mass is 393 g/mol. The molecule has 1 aromatic heterocycles. The van der Waals surface area contributed by atoms with Crippen LogP contribution in [0.1, 0.15) is 19.3 Å². The van der Waals surface area contributed by atoms with E-state index in [4.69, 9.17) is 0 Å². The van der Waals surface area contributed by atoms with Crippen molar-refractivity contribution in [2.75, 3.05) is 29.1 Å². The molecule has 0 unspecified atom stereocenters. The minimum Gasteiger partial charge on any atom is -0.372 e. The van der Waals surface area contributed by atoms with Crippen LogP contribution >= 0.6 is 11.8 Å². The van der Waals surface area contributed by atoms with Crippen LogP contribution in [-0.4, -0.2) is 39.9 Å². The summed E-state index contributed by atoms with van der Waals surface area (Å²) in [5.41, 5.74) is 3.01. The molecular formula is C21H23N5OS. The molecule has 1 fully saturated rings. The summed E-state index contributed by atoms with van der Waals surface area (Å²) in [6.07, 6.45) is 3.83. The molecule has 0 aliphatic carbocycles. The van der Waals surface area contributed by atoms with E-state index in [-0.39, 0.29) is 11.7 Å². The summed E-state index contributed by atoms with van der Waals surface area (Å²) in [6.45, 7) is 2.23. The zero-order valence-corrected chi connectivity index (χ0v) is 16.4. The Morgan fingerprint density at radius 3 is 2.54 bits per heavy atom. The summed E-state index contributed by atoms with van der Waals surface area (Å²) in [4.78, 5) is 19.1. The molecule has 0 atom stereocenters. The highest BCUT2D eigenvalue weighted by atomic mass is 32.2. The maximum absolute atomic E-state index is 12.2. The fraction of sp³-hybridized carbons (Fsp3) is 0.286. The van der Waals surface area contributed by atoms with Gasteiger partial charge in [0, 0.05) is 30.0 Å². The Morgan fingerprint density at radius 2 is 1.79 bits per heavy atom. The average Bonchev–Trinajstić information content (AvgIpc) is 3.23. The van der Waals surface area contributed by atoms with Crippen LogP contribution in [0.4, 0.5) is 11.4 Å². The minimum atomic E-state index is -0.0678. The molecule has 28 heavy (non-hydrogen) atoms. The third-order valence-electron chi connectivity index (χ3n) is 4.72. The van der Waals surface area contributed by atoms with Crippen molar-refractivity contribution in [1.82, 2.24) is 15.2 Å². The van der Waals surface area contributed by atoms with Crippen molar-refractivity contribution in [3.8, 4) is 11.4 Å². The van der Waals surface area contributed by atoms with Gasteiger partial charge in [-0.1, -0.05) is 42.1 Å². The van der Waals surface area contributed by atoms with Gasteiger partial charge in [0.1, 0.15) is 0 Å². The predicted molar refractivity (Wildman–Crippen MR) is 114 cm³/mol. The van der Waals surface area contributed by atoms with Gasteiger partial charge in [-0.3, -0.25) is 9.89 Å². The summed E-state index contributed by atoms with van der Waals surface area (Å²) in [6, 6.07) is 17.9. The van der Waals surface area contributed by atoms with Crippen molar-refractivity contribution in [1.29, 1.82) is 0 Å². The summed E-state index contributed by atoms with van der Waals surface area (Å²) >= 11 is 1.32. The Hall–Kier alpha value is -2.80. The van der Waals surface area contributed by atoms with E-state index in [1.54, 1.807) is 0 Å². The number of hydrogen-bond acceptors (Lipinski definition) is 5. The third kappa shape index (κ3) is 4.72. The van der Waals surface area contributed by atoms with Gasteiger partial charge in [-0.2, -0.15) is 0 Å². The van der Waals surface area contributed by atoms with Gasteiger partial charge in [-0.05, 0) is 43.5 Å². The zero-order chi connectivity index (χ0) is 19.2. The van der Waals surface area contributed by atoms with Gasteiger partial charge in [0.25, 0.3) is 0 Å². The number of rotatable bonds is 6. The van der Waals surface area contributed by atoms with Gasteiger partial charge >= 0.3 is 0 Å². The van der Waals surface area contributed by atoms with Gasteiger partial charge in [-0.25, -0.2) is 4.98 Å². The summed E-state index contributed by atoms with van der Waals surface area (Å²) in [5, 5.41) is 10.6. The highest BCUT2D eigenvalue weighted by Gasteiger charge is 2.12. The number of anilines is 2. The van der Waals surface area contributed by atoms with Crippen molar-refractivity contribution in [2.24, 2.45) is 0 Å². The van der Waals surface area contributed by atoms with Crippen molar-refractivity contribution >= 4 is 29.0 Å². The Balaban J connectivity index is 1.28. The van der Waals surface area contributed by atoms with Gasteiger partial charge in [0.2, 0.25) is 11.1 Å². The van der Waals surface area contributed by atoms with Crippen LogP contribution in [0.15, 0.2) is 59.8 Å². The molecular weight excluding hydrogens is 370 g/mol. The van der Waals surface area contributed by atoms with E-state index in [9.17, 15) is 4.79 Å². The number of nitrogens with zero attached hydrogens (tertiary/aromatic N) is 3. The lowest BCUT2D eigenvalue weighted by Gasteiger charge is -2.28. The van der Waals surface area contributed by atoms with Gasteiger partial charge < -0.3 is 10.2 Å². The molecule has 3 aromatic rings. The first kappa shape index (κ1) is 18.6. The van der Waals surface area contributed by atoms with Crippen LogP contribution in [0.2, 0.25) is 0 Å². The predicted octanol–water partition coefficient (Wildman–Crippen LogP) is 4.19. The number of benzene rings is 2. The largest absolute Gasteiger partial charge is 0.372 e. The fourth-order valence-electron chi connectivity index (χ4n) is 3.27. The second-order valence-corrected chi connectivity index (χ2v) is 7.71. The second-order valence-electron chi connectivity index (χ2n) is 6.76. The SMILES string of the molecule is O=C(CSc1n[nH]c(-c2ccccc2)n1)Nc1ccc(N2CCCCC2)cc1. The molecule has 2 N–H and O–H groups in total. The third-order valence-corrected chi connectivity index (χ3v) is 5.56. The Bertz CT molecular complexity index is 904. The van der Waals surface area contributed by atoms with Crippen LogP contribution in [-0.2, 0) is 4.79 Å². The summed E-state index contributed by atoms with van der Waals surface area (Å²) in [5.74, 6) is 0.901. The fourth-order valence-corrected chi connectivity index (χ4v) is 3.87. The molecule has 0 saturated carbocycles. The lowest BCUT2D eigenvalue weighted by molar-refractivity contribution is -0.113. The van der Waals surface area contributed by atoms with Gasteiger partial charge in [0.15, 0.2) is 5.82 Å². The number of aromatic nitrogens is 3. The number of hydrogen-bond donors (Lipinski definition) is 2. The van der Waals surface area contributed by atoms with E-state index in [2.05, 4.69) is 37.5 Å². The van der Waals surface area contributed by atoms with E-state index in [0.717, 1.165) is 24.3 Å². The topological polar surface area (TPSA) is 73.9 Å². The quantitative estimate of drug-likeness (QED) is 0.614. The maximum Gasteiger partial charge on any atom is 0.234 e. The highest BCUT2D eigenvalue weighted by molar-refractivity contribution is 7.99. The lowest BCUT2D eigenvalue weighted by atomic mass is 10.1. The first-order valence-electron chi connectivity index (χ1n) is 9.53. The first-order valence-corrected chi connectivity index (χ1v) is 10.5. The highest BCUT2D eigenvalue weighted by Crippen LogP contribution is 2.22. The summed E-state index contributed by atoms with van der Waals surface area (Å²) < 4.78 is 0. The van der Waals surface area contributed by atoms with Crippen LogP contribution in [0.3, 0.4) is 0 Å². The molecule has 4 rings (SSSR count). The Kier molecular flexibility index (Phi) is 5.92. The van der Waals surface area contributed by atoms with Crippen LogP contribution in [0.5, 0.6) is 0 Å². The van der Waals surface area contributed by atoms with E-state index in [1.807, 2.05) is 42.5 Å². The molecule has 144 valence electrons. The standard InChI is InChI=1S/C21H23N5OS/c27-19(15-28-21-23-20(24-25-21)16-7-3-1-4-8-16)22-17-9-11-18(12-10-17)26-13-5-2-6-14-26/h1,3-4,7-12H,2,5-6,13-15H2,(H,22,27)(H,23,24,25). The number of aromatic amines is 1. The molecule has 6 nitrogen and oxygen atoms in total. The Morgan fingerprint density at radius 1 is 1.04 bits per heavy atom. The molecule has 1 aliphatic heterocycles. The average molecular weight is 394 g/mol. The molecule has 0 radical (unpaired) electrons. The number of nitrogens with one attached hydrogen (secondary N) is 2. The van der Waals surface area contributed by atoms with E-state index in [1.165, 1.54) is 36.7 Å². The molecule has 1 amide bonds. The molecule has 2 heterocycles. The number of carbonyl (C=O) groups excluding carboxylic acids is 1. The van der Waals surface area contributed by atoms with Crippen molar-refractivity contribution < 1.29 is 4.79 Å². The molecule has 0 bridgehead atoms. The van der Waals surface area contributed by atoms with E-state index in [0.29, 0.717) is 11.0 Å². The smallest absolute Gasteiger partial charge is 0.234 e. The zero-order valence-electron chi connectivity index (χ0n) is 15.6. The van der Waals surface area contributed by atoms with Crippen molar-refractivity contribution in [3.63, 3.8) is 0 Å². The van der Waals surface area contributed by atoms with Gasteiger partial charge in [0.05, 0.1) is 5.75 Å². The van der Waals surface area contributed by atoms with Crippen LogP contribution in [0, 0.1) is 0 Å². The molecule has 1 aliphatic rings. The Labute approximate surface area is 168 Å². The minimum absolute atomic E-state index is 0.0678. The molecule has 1 saturated heterocycles. The molecule has 7 heteroatoms. The number of thioether (sulfide) groups is 1. The van der Waals surface area contributed by atoms with Crippen LogP contribution < -0.4 is 10.2 Å². The molecule has 0 spiro atoms. The van der Waals surface area contributed by atoms with Crippen LogP contribution in [0.25, 0.3) is 11.4 Å². The maximum atomic E-state index is 12.2. The number of amides is 1. The van der Waals surface area contributed by atoms with E-state index >= 15 is 0 Å². The first-order chi connectivity index (χ1) is 13.8. The number of carbonyl (C=O) groups is 1. The number of piperidine rings is 1. The lowest BCUT2D eigenvalue weighted by Crippen LogP contribution is -2.29.